The van der Waals surface area contributed by atoms with Gasteiger partial charge in [0.1, 0.15) is 0 Å². The van der Waals surface area contributed by atoms with Crippen LogP contribution < -0.4 is 5.32 Å². The molecule has 31 heavy (non-hydrogen) atoms. The highest BCUT2D eigenvalue weighted by molar-refractivity contribution is 8.00. The van der Waals surface area contributed by atoms with Gasteiger partial charge in [-0.3, -0.25) is 9.59 Å². The summed E-state index contributed by atoms with van der Waals surface area (Å²) in [5.41, 5.74) is 4.40. The second kappa shape index (κ2) is 9.10. The van der Waals surface area contributed by atoms with E-state index in [1.54, 1.807) is 0 Å². The molecule has 0 bridgehead atoms. The molecule has 0 radical (unpaired) electrons. The first-order valence-corrected chi connectivity index (χ1v) is 10.9. The first-order valence-electron chi connectivity index (χ1n) is 9.91. The van der Waals surface area contributed by atoms with Gasteiger partial charge in [0.25, 0.3) is 0 Å². The first kappa shape index (κ1) is 20.8. The van der Waals surface area contributed by atoms with E-state index >= 15 is 0 Å². The molecular formula is C25H22N2O3S. The first-order chi connectivity index (χ1) is 15.0. The third-order valence-corrected chi connectivity index (χ3v) is 6.00. The van der Waals surface area contributed by atoms with Crippen molar-refractivity contribution in [3.8, 4) is 5.69 Å². The van der Waals surface area contributed by atoms with Crippen LogP contribution in [-0.2, 0) is 16.0 Å². The second-order valence-corrected chi connectivity index (χ2v) is 8.31. The Labute approximate surface area is 184 Å². The fourth-order valence-corrected chi connectivity index (χ4v) is 4.34. The van der Waals surface area contributed by atoms with E-state index in [4.69, 9.17) is 0 Å². The minimum absolute atomic E-state index is 0.0280. The zero-order valence-electron chi connectivity index (χ0n) is 17.0. The number of carboxylic acids is 1. The Kier molecular flexibility index (Phi) is 6.09. The lowest BCUT2D eigenvalue weighted by Gasteiger charge is -2.12. The number of aliphatic carboxylic acids is 1. The number of para-hydroxylation sites is 1. The van der Waals surface area contributed by atoms with Gasteiger partial charge in [-0.15, -0.1) is 11.8 Å². The Morgan fingerprint density at radius 1 is 1.00 bits per heavy atom. The molecule has 1 amide bonds. The van der Waals surface area contributed by atoms with Crippen molar-refractivity contribution in [3.05, 3.63) is 90.1 Å². The van der Waals surface area contributed by atoms with Crippen molar-refractivity contribution in [2.24, 2.45) is 0 Å². The molecule has 0 saturated heterocycles. The van der Waals surface area contributed by atoms with E-state index in [2.05, 4.69) is 5.32 Å². The number of rotatable bonds is 7. The van der Waals surface area contributed by atoms with Crippen molar-refractivity contribution in [3.63, 3.8) is 0 Å². The molecule has 0 aliphatic rings. The Hall–Kier alpha value is -3.51. The molecule has 4 rings (SSSR count). The number of hydrogen-bond acceptors (Lipinski definition) is 3. The molecule has 156 valence electrons. The summed E-state index contributed by atoms with van der Waals surface area (Å²) in [6, 6.07) is 23.4. The van der Waals surface area contributed by atoms with Gasteiger partial charge in [0.2, 0.25) is 5.91 Å². The molecule has 1 aromatic heterocycles. The largest absolute Gasteiger partial charge is 0.481 e. The highest BCUT2D eigenvalue weighted by Crippen LogP contribution is 2.28. The van der Waals surface area contributed by atoms with Gasteiger partial charge in [-0.2, -0.15) is 0 Å². The zero-order valence-corrected chi connectivity index (χ0v) is 17.9. The van der Waals surface area contributed by atoms with Crippen molar-refractivity contribution < 1.29 is 14.7 Å². The monoisotopic (exact) mass is 430 g/mol. The predicted octanol–water partition coefficient (Wildman–Crippen LogP) is 5.30. The van der Waals surface area contributed by atoms with Gasteiger partial charge in [-0.05, 0) is 54.4 Å². The minimum atomic E-state index is -0.856. The van der Waals surface area contributed by atoms with Crippen molar-refractivity contribution in [2.75, 3.05) is 11.1 Å². The molecular weight excluding hydrogens is 408 g/mol. The zero-order chi connectivity index (χ0) is 21.8. The molecule has 3 aromatic carbocycles. The van der Waals surface area contributed by atoms with Gasteiger partial charge in [-0.1, -0.05) is 36.4 Å². The average Bonchev–Trinajstić information content (AvgIpc) is 3.11. The number of aromatic nitrogens is 1. The van der Waals surface area contributed by atoms with Crippen LogP contribution in [0.4, 0.5) is 5.69 Å². The van der Waals surface area contributed by atoms with Crippen LogP contribution in [0.5, 0.6) is 0 Å². The lowest BCUT2D eigenvalue weighted by atomic mass is 10.1. The van der Waals surface area contributed by atoms with Gasteiger partial charge >= 0.3 is 5.97 Å². The lowest BCUT2D eigenvalue weighted by molar-refractivity contribution is -0.136. The van der Waals surface area contributed by atoms with Gasteiger partial charge < -0.3 is 15.0 Å². The molecule has 0 aliphatic heterocycles. The molecule has 0 aliphatic carbocycles. The van der Waals surface area contributed by atoms with Crippen LogP contribution in [-0.4, -0.2) is 27.3 Å². The molecule has 2 N–H and O–H groups in total. The number of carboxylic acid groups (broad SMARTS) is 1. The van der Waals surface area contributed by atoms with Gasteiger partial charge in [0.15, 0.2) is 0 Å². The molecule has 1 heterocycles. The van der Waals surface area contributed by atoms with E-state index in [-0.39, 0.29) is 12.3 Å². The van der Waals surface area contributed by atoms with Gasteiger partial charge in [0.05, 0.1) is 17.7 Å². The number of nitrogens with zero attached hydrogens (tertiary/aromatic N) is 1. The molecule has 0 fully saturated rings. The average molecular weight is 431 g/mol. The third-order valence-electron chi connectivity index (χ3n) is 4.99. The summed E-state index contributed by atoms with van der Waals surface area (Å²) in [7, 11) is 0. The van der Waals surface area contributed by atoms with E-state index in [0.29, 0.717) is 5.75 Å². The van der Waals surface area contributed by atoms with Crippen molar-refractivity contribution in [1.82, 2.24) is 4.57 Å². The molecule has 4 aromatic rings. The summed E-state index contributed by atoms with van der Waals surface area (Å²) < 4.78 is 2.01. The molecule has 0 atom stereocenters. The summed E-state index contributed by atoms with van der Waals surface area (Å²) in [5.74, 6) is -0.576. The number of fused-ring (bicyclic) bond motifs is 1. The molecule has 5 nitrogen and oxygen atoms in total. The predicted molar refractivity (Wildman–Crippen MR) is 125 cm³/mol. The maximum absolute atomic E-state index is 12.3. The second-order valence-electron chi connectivity index (χ2n) is 7.26. The fourth-order valence-electron chi connectivity index (χ4n) is 3.62. The van der Waals surface area contributed by atoms with Gasteiger partial charge in [-0.25, -0.2) is 0 Å². The van der Waals surface area contributed by atoms with Crippen molar-refractivity contribution in [1.29, 1.82) is 0 Å². The van der Waals surface area contributed by atoms with Crippen molar-refractivity contribution in [2.45, 2.75) is 18.2 Å². The maximum Gasteiger partial charge on any atom is 0.307 e. The number of carbonyl (C=O) groups is 2. The standard InChI is InChI=1S/C25H22N2O3S/c1-17-13-19(26-24(28)16-31-20-7-3-2-4-8-20)11-12-22(17)27-15-18(14-25(29)30)21-9-5-6-10-23(21)27/h2-13,15H,14,16H2,1H3,(H,26,28)(H,29,30). The van der Waals surface area contributed by atoms with E-state index in [9.17, 15) is 14.7 Å². The highest BCUT2D eigenvalue weighted by Gasteiger charge is 2.14. The molecule has 0 unspecified atom stereocenters. The SMILES string of the molecule is Cc1cc(NC(=O)CSc2ccccc2)ccc1-n1cc(CC(=O)O)c2ccccc21. The lowest BCUT2D eigenvalue weighted by Crippen LogP contribution is -2.14. The third kappa shape index (κ3) is 4.81. The number of hydrogen-bond donors (Lipinski definition) is 2. The van der Waals surface area contributed by atoms with E-state index in [0.717, 1.165) is 38.3 Å². The number of benzene rings is 3. The van der Waals surface area contributed by atoms with Crippen molar-refractivity contribution >= 4 is 40.2 Å². The Bertz CT molecular complexity index is 1250. The van der Waals surface area contributed by atoms with E-state index < -0.39 is 5.97 Å². The quantitative estimate of drug-likeness (QED) is 0.391. The van der Waals surface area contributed by atoms with Crippen LogP contribution >= 0.6 is 11.8 Å². The van der Waals surface area contributed by atoms with Crippen LogP contribution in [0.25, 0.3) is 16.6 Å². The fraction of sp³-hybridized carbons (Fsp3) is 0.120. The number of aryl methyl sites for hydroxylation is 1. The number of carbonyl (C=O) groups excluding carboxylic acids is 1. The van der Waals surface area contributed by atoms with Crippen LogP contribution in [0.1, 0.15) is 11.1 Å². The van der Waals surface area contributed by atoms with E-state index in [1.807, 2.05) is 90.5 Å². The summed E-state index contributed by atoms with van der Waals surface area (Å²) in [6.45, 7) is 1.98. The van der Waals surface area contributed by atoms with Crippen LogP contribution in [0.3, 0.4) is 0 Å². The van der Waals surface area contributed by atoms with E-state index in [1.165, 1.54) is 11.8 Å². The number of nitrogens with one attached hydrogen (secondary N) is 1. The maximum atomic E-state index is 12.3. The Morgan fingerprint density at radius 2 is 1.74 bits per heavy atom. The topological polar surface area (TPSA) is 71.3 Å². The number of anilines is 1. The summed E-state index contributed by atoms with van der Waals surface area (Å²) >= 11 is 1.50. The normalized spacial score (nSPS) is 10.9. The molecule has 6 heteroatoms. The summed E-state index contributed by atoms with van der Waals surface area (Å²) in [4.78, 5) is 24.7. The molecule has 0 spiro atoms. The summed E-state index contributed by atoms with van der Waals surface area (Å²) in [6.07, 6.45) is 1.86. The van der Waals surface area contributed by atoms with Crippen LogP contribution in [0, 0.1) is 6.92 Å². The number of amides is 1. The molecule has 0 saturated carbocycles. The number of thioether (sulfide) groups is 1. The summed E-state index contributed by atoms with van der Waals surface area (Å²) in [5, 5.41) is 13.1. The smallest absolute Gasteiger partial charge is 0.307 e. The highest BCUT2D eigenvalue weighted by atomic mass is 32.2. The van der Waals surface area contributed by atoms with Gasteiger partial charge in [0, 0.05) is 27.9 Å². The Morgan fingerprint density at radius 3 is 2.48 bits per heavy atom. The Balaban J connectivity index is 1.54. The van der Waals surface area contributed by atoms with Crippen LogP contribution in [0.2, 0.25) is 0 Å². The van der Waals surface area contributed by atoms with Crippen LogP contribution in [0.15, 0.2) is 83.9 Å². The minimum Gasteiger partial charge on any atom is -0.481 e.